The molecule has 0 spiro atoms. The van der Waals surface area contributed by atoms with Gasteiger partial charge in [-0.3, -0.25) is 0 Å². The van der Waals surface area contributed by atoms with Crippen molar-refractivity contribution >= 4 is 5.82 Å². The van der Waals surface area contributed by atoms with Crippen molar-refractivity contribution in [3.05, 3.63) is 47.4 Å². The first kappa shape index (κ1) is 13.2. The Balaban J connectivity index is 2.02. The highest BCUT2D eigenvalue weighted by atomic mass is 15.2. The fraction of sp³-hybridized carbons (Fsp3) is 0.471. The van der Waals surface area contributed by atoms with E-state index in [0.717, 1.165) is 18.1 Å². The molecule has 0 saturated heterocycles. The molecule has 0 aliphatic heterocycles. The van der Waals surface area contributed by atoms with Gasteiger partial charge in [-0.05, 0) is 18.4 Å². The number of anilines is 1. The lowest BCUT2D eigenvalue weighted by atomic mass is 9.92. The highest BCUT2D eigenvalue weighted by Gasteiger charge is 2.33. The van der Waals surface area contributed by atoms with Crippen LogP contribution in [0.2, 0.25) is 0 Å². The van der Waals surface area contributed by atoms with E-state index in [0.29, 0.717) is 5.92 Å². The van der Waals surface area contributed by atoms with Crippen molar-refractivity contribution in [3.8, 4) is 0 Å². The molecule has 106 valence electrons. The maximum atomic E-state index is 6.40. The molecule has 3 rings (SSSR count). The fourth-order valence-corrected chi connectivity index (χ4v) is 2.62. The molecule has 3 heteroatoms. The van der Waals surface area contributed by atoms with Gasteiger partial charge in [0.15, 0.2) is 0 Å². The van der Waals surface area contributed by atoms with Crippen molar-refractivity contribution in [3.63, 3.8) is 0 Å². The van der Waals surface area contributed by atoms with Crippen LogP contribution in [0, 0.1) is 0 Å². The van der Waals surface area contributed by atoms with E-state index in [1.807, 2.05) is 6.07 Å². The predicted molar refractivity (Wildman–Crippen MR) is 82.9 cm³/mol. The number of nitrogens with zero attached hydrogens (tertiary/aromatic N) is 2. The van der Waals surface area contributed by atoms with E-state index in [2.05, 4.69) is 49.6 Å². The van der Waals surface area contributed by atoms with Gasteiger partial charge >= 0.3 is 0 Å². The van der Waals surface area contributed by atoms with Gasteiger partial charge in [0.05, 0.1) is 12.2 Å². The van der Waals surface area contributed by atoms with Gasteiger partial charge in [-0.15, -0.1) is 0 Å². The second-order valence-electron chi connectivity index (χ2n) is 6.80. The second-order valence-corrected chi connectivity index (χ2v) is 6.80. The second kappa shape index (κ2) is 4.65. The van der Waals surface area contributed by atoms with Crippen LogP contribution in [0.15, 0.2) is 30.3 Å². The molecule has 1 aromatic heterocycles. The zero-order valence-electron chi connectivity index (χ0n) is 12.6. The smallest absolute Gasteiger partial charge is 0.127 e. The maximum Gasteiger partial charge on any atom is 0.127 e. The van der Waals surface area contributed by atoms with Crippen molar-refractivity contribution in [1.29, 1.82) is 0 Å². The van der Waals surface area contributed by atoms with Crippen molar-refractivity contribution in [2.75, 3.05) is 5.73 Å². The van der Waals surface area contributed by atoms with E-state index in [9.17, 15) is 0 Å². The molecular formula is C17H23N3. The molecule has 0 atom stereocenters. The van der Waals surface area contributed by atoms with Gasteiger partial charge in [0.2, 0.25) is 0 Å². The summed E-state index contributed by atoms with van der Waals surface area (Å²) in [5.41, 5.74) is 8.71. The molecule has 1 aromatic carbocycles. The Morgan fingerprint density at radius 3 is 2.40 bits per heavy atom. The molecule has 1 aliphatic carbocycles. The summed E-state index contributed by atoms with van der Waals surface area (Å²) in [6, 6.07) is 10.5. The van der Waals surface area contributed by atoms with Crippen molar-refractivity contribution in [1.82, 2.24) is 9.55 Å². The molecule has 0 radical (unpaired) electrons. The van der Waals surface area contributed by atoms with Crippen LogP contribution in [0.4, 0.5) is 5.82 Å². The van der Waals surface area contributed by atoms with Gasteiger partial charge in [0, 0.05) is 11.3 Å². The van der Waals surface area contributed by atoms with E-state index in [1.54, 1.807) is 0 Å². The Kier molecular flexibility index (Phi) is 3.08. The van der Waals surface area contributed by atoms with Gasteiger partial charge in [0.1, 0.15) is 11.6 Å². The lowest BCUT2D eigenvalue weighted by Crippen LogP contribution is -2.15. The summed E-state index contributed by atoms with van der Waals surface area (Å²) in [5, 5.41) is 0. The Morgan fingerprint density at radius 2 is 1.85 bits per heavy atom. The summed E-state index contributed by atoms with van der Waals surface area (Å²) in [7, 11) is 0. The minimum absolute atomic E-state index is 0.00430. The number of hydrogen-bond acceptors (Lipinski definition) is 2. The minimum Gasteiger partial charge on any atom is -0.384 e. The van der Waals surface area contributed by atoms with Gasteiger partial charge in [-0.25, -0.2) is 4.98 Å². The highest BCUT2D eigenvalue weighted by Crippen LogP contribution is 2.42. The fourth-order valence-electron chi connectivity index (χ4n) is 2.62. The minimum atomic E-state index is -0.00430. The molecule has 1 saturated carbocycles. The van der Waals surface area contributed by atoms with E-state index >= 15 is 0 Å². The Labute approximate surface area is 120 Å². The maximum absolute atomic E-state index is 6.40. The van der Waals surface area contributed by atoms with Crippen LogP contribution in [0.25, 0.3) is 0 Å². The summed E-state index contributed by atoms with van der Waals surface area (Å²) in [6.07, 6.45) is 2.49. The van der Waals surface area contributed by atoms with Crippen LogP contribution in [-0.4, -0.2) is 9.55 Å². The summed E-state index contributed by atoms with van der Waals surface area (Å²) < 4.78 is 2.22. The molecule has 0 amide bonds. The lowest BCUT2D eigenvalue weighted by Gasteiger charge is -2.16. The molecule has 0 unspecified atom stereocenters. The monoisotopic (exact) mass is 269 g/mol. The average molecular weight is 269 g/mol. The molecule has 20 heavy (non-hydrogen) atoms. The van der Waals surface area contributed by atoms with Crippen LogP contribution in [-0.2, 0) is 12.0 Å². The highest BCUT2D eigenvalue weighted by molar-refractivity contribution is 5.44. The zero-order chi connectivity index (χ0) is 14.3. The largest absolute Gasteiger partial charge is 0.384 e. The standard InChI is InChI=1S/C17H23N3/c1-17(2,3)14-15(18)20(16(19-14)13-9-10-13)11-12-7-5-4-6-8-12/h4-8,13H,9-11,18H2,1-3H3. The molecule has 1 heterocycles. The number of hydrogen-bond donors (Lipinski definition) is 1. The topological polar surface area (TPSA) is 43.8 Å². The first-order valence-corrected chi connectivity index (χ1v) is 7.37. The van der Waals surface area contributed by atoms with Crippen molar-refractivity contribution in [2.45, 2.75) is 51.5 Å². The van der Waals surface area contributed by atoms with Crippen LogP contribution in [0.3, 0.4) is 0 Å². The van der Waals surface area contributed by atoms with E-state index in [4.69, 9.17) is 10.7 Å². The van der Waals surface area contributed by atoms with Gasteiger partial charge < -0.3 is 10.3 Å². The quantitative estimate of drug-likeness (QED) is 0.923. The van der Waals surface area contributed by atoms with Crippen molar-refractivity contribution in [2.24, 2.45) is 0 Å². The van der Waals surface area contributed by atoms with Gasteiger partial charge in [-0.1, -0.05) is 51.1 Å². The lowest BCUT2D eigenvalue weighted by molar-refractivity contribution is 0.573. The van der Waals surface area contributed by atoms with Crippen LogP contribution < -0.4 is 5.73 Å². The third-order valence-electron chi connectivity index (χ3n) is 3.87. The molecular weight excluding hydrogens is 246 g/mol. The summed E-state index contributed by atoms with van der Waals surface area (Å²) in [5.74, 6) is 2.62. The first-order valence-electron chi connectivity index (χ1n) is 7.37. The number of nitrogens with two attached hydrogens (primary N) is 1. The van der Waals surface area contributed by atoms with E-state index < -0.39 is 0 Å². The number of imidazole rings is 1. The third-order valence-corrected chi connectivity index (χ3v) is 3.87. The Bertz CT molecular complexity index is 601. The van der Waals surface area contributed by atoms with Crippen LogP contribution >= 0.6 is 0 Å². The Morgan fingerprint density at radius 1 is 1.20 bits per heavy atom. The van der Waals surface area contributed by atoms with Gasteiger partial charge in [-0.2, -0.15) is 0 Å². The number of aromatic nitrogens is 2. The summed E-state index contributed by atoms with van der Waals surface area (Å²) in [6.45, 7) is 7.35. The summed E-state index contributed by atoms with van der Waals surface area (Å²) in [4.78, 5) is 4.88. The molecule has 2 aromatic rings. The number of benzene rings is 1. The summed E-state index contributed by atoms with van der Waals surface area (Å²) >= 11 is 0. The predicted octanol–water partition coefficient (Wildman–Crippen LogP) is 3.69. The third kappa shape index (κ3) is 2.45. The molecule has 0 bridgehead atoms. The SMILES string of the molecule is CC(C)(C)c1nc(C2CC2)n(Cc2ccccc2)c1N. The Hall–Kier alpha value is -1.77. The van der Waals surface area contributed by atoms with E-state index in [1.165, 1.54) is 24.2 Å². The molecule has 3 nitrogen and oxygen atoms in total. The van der Waals surface area contributed by atoms with E-state index in [-0.39, 0.29) is 5.41 Å². The number of rotatable bonds is 3. The van der Waals surface area contributed by atoms with Crippen LogP contribution in [0.1, 0.15) is 56.6 Å². The first-order chi connectivity index (χ1) is 9.47. The zero-order valence-corrected chi connectivity index (χ0v) is 12.6. The molecule has 1 fully saturated rings. The molecule has 1 aliphatic rings. The van der Waals surface area contributed by atoms with Crippen LogP contribution in [0.5, 0.6) is 0 Å². The van der Waals surface area contributed by atoms with Crippen molar-refractivity contribution < 1.29 is 0 Å². The number of nitrogen functional groups attached to an aromatic ring is 1. The average Bonchev–Trinajstić information content (AvgIpc) is 3.17. The molecule has 2 N–H and O–H groups in total. The normalized spacial score (nSPS) is 15.6. The van der Waals surface area contributed by atoms with Gasteiger partial charge in [0.25, 0.3) is 0 Å².